The molecule has 2 aliphatic rings. The van der Waals surface area contributed by atoms with Gasteiger partial charge in [0.05, 0.1) is 7.11 Å². The van der Waals surface area contributed by atoms with Gasteiger partial charge < -0.3 is 21.1 Å². The highest BCUT2D eigenvalue weighted by Gasteiger charge is 2.27. The Hall–Kier alpha value is -3.02. The van der Waals surface area contributed by atoms with Gasteiger partial charge in [0, 0.05) is 17.8 Å². The molecule has 0 heterocycles. The highest BCUT2D eigenvalue weighted by atomic mass is 16.5. The molecule has 2 aliphatic carbocycles. The van der Waals surface area contributed by atoms with E-state index in [9.17, 15) is 9.59 Å². The first-order valence-corrected chi connectivity index (χ1v) is 10.2. The lowest BCUT2D eigenvalue weighted by atomic mass is 9.99. The summed E-state index contributed by atoms with van der Waals surface area (Å²) < 4.78 is 4.90. The Morgan fingerprint density at radius 3 is 2.38 bits per heavy atom. The Morgan fingerprint density at radius 1 is 1.07 bits per heavy atom. The van der Waals surface area contributed by atoms with Crippen LogP contribution in [-0.4, -0.2) is 25.2 Å². The molecule has 0 aliphatic heterocycles. The quantitative estimate of drug-likeness (QED) is 0.537. The number of hydrogen-bond acceptors (Lipinski definition) is 4. The fourth-order valence-electron chi connectivity index (χ4n) is 4.57. The van der Waals surface area contributed by atoms with Gasteiger partial charge in [-0.2, -0.15) is 0 Å². The summed E-state index contributed by atoms with van der Waals surface area (Å²) in [5, 5.41) is 5.87. The number of fused-ring (bicyclic) bond motifs is 2. The van der Waals surface area contributed by atoms with E-state index in [1.807, 2.05) is 12.1 Å². The molecule has 0 saturated carbocycles. The molecule has 2 amide bonds. The van der Waals surface area contributed by atoms with Gasteiger partial charge in [0.2, 0.25) is 0 Å². The van der Waals surface area contributed by atoms with Gasteiger partial charge in [0.15, 0.2) is 0 Å². The van der Waals surface area contributed by atoms with Gasteiger partial charge in [-0.3, -0.25) is 0 Å². The second-order valence-electron chi connectivity index (χ2n) is 7.86. The molecule has 0 saturated heterocycles. The van der Waals surface area contributed by atoms with Crippen molar-refractivity contribution < 1.29 is 14.3 Å². The van der Waals surface area contributed by atoms with Crippen LogP contribution in [0.3, 0.4) is 0 Å². The normalized spacial score (nSPS) is 15.3. The minimum absolute atomic E-state index is 0.316. The Balaban J connectivity index is 1.53. The van der Waals surface area contributed by atoms with E-state index >= 15 is 0 Å². The second kappa shape index (κ2) is 8.15. The second-order valence-corrected chi connectivity index (χ2v) is 7.86. The number of nitrogens with one attached hydrogen (secondary N) is 2. The summed E-state index contributed by atoms with van der Waals surface area (Å²) in [6, 6.07) is 8.45. The smallest absolute Gasteiger partial charge is 0.328 e. The number of amides is 2. The Bertz CT molecular complexity index is 922. The van der Waals surface area contributed by atoms with Gasteiger partial charge in [-0.05, 0) is 78.5 Å². The summed E-state index contributed by atoms with van der Waals surface area (Å²) in [7, 11) is 1.32. The summed E-state index contributed by atoms with van der Waals surface area (Å²) in [5.41, 5.74) is 13.5. The van der Waals surface area contributed by atoms with E-state index in [0.717, 1.165) is 49.8 Å². The third kappa shape index (κ3) is 4.06. The number of anilines is 2. The third-order valence-electron chi connectivity index (χ3n) is 5.89. The number of nitrogens with two attached hydrogens (primary N) is 1. The average molecular weight is 393 g/mol. The van der Waals surface area contributed by atoms with Gasteiger partial charge >= 0.3 is 12.0 Å². The molecule has 0 spiro atoms. The lowest BCUT2D eigenvalue weighted by Gasteiger charge is -2.20. The fraction of sp³-hybridized carbons (Fsp3) is 0.391. The molecular weight excluding hydrogens is 366 g/mol. The maximum atomic E-state index is 12.8. The van der Waals surface area contributed by atoms with Crippen molar-refractivity contribution in [3.8, 4) is 0 Å². The van der Waals surface area contributed by atoms with Crippen LogP contribution in [0.1, 0.15) is 40.7 Å². The predicted molar refractivity (Wildman–Crippen MR) is 113 cm³/mol. The van der Waals surface area contributed by atoms with Crippen molar-refractivity contribution in [3.05, 3.63) is 58.1 Å². The summed E-state index contributed by atoms with van der Waals surface area (Å²) in [4.78, 5) is 25.1. The summed E-state index contributed by atoms with van der Waals surface area (Å²) in [6.07, 6.45) is 6.67. The van der Waals surface area contributed by atoms with Crippen LogP contribution in [0.4, 0.5) is 16.2 Å². The number of nitrogen functional groups attached to an aromatic ring is 1. The van der Waals surface area contributed by atoms with Gasteiger partial charge in [-0.1, -0.05) is 18.2 Å². The van der Waals surface area contributed by atoms with Crippen molar-refractivity contribution in [1.29, 1.82) is 0 Å². The van der Waals surface area contributed by atoms with E-state index in [0.29, 0.717) is 12.1 Å². The lowest BCUT2D eigenvalue weighted by molar-refractivity contribution is -0.142. The fourth-order valence-corrected chi connectivity index (χ4v) is 4.57. The summed E-state index contributed by atoms with van der Waals surface area (Å²) in [6.45, 7) is 0. The molecule has 152 valence electrons. The standard InChI is InChI=1S/C23H27N3O3/c1-29-22(27)20(12-14-5-2-8-17(24)11-14)25-23(28)26-21-18-9-3-6-15(18)13-16-7-4-10-19(16)21/h2,5,8,11,13,20H,3-4,6-7,9-10,12,24H2,1H3,(H2,25,26,28). The topological polar surface area (TPSA) is 93.4 Å². The van der Waals surface area contributed by atoms with Crippen molar-refractivity contribution >= 4 is 23.4 Å². The van der Waals surface area contributed by atoms with Crippen LogP contribution < -0.4 is 16.4 Å². The highest BCUT2D eigenvalue weighted by molar-refractivity contribution is 5.94. The van der Waals surface area contributed by atoms with Crippen LogP contribution in [0, 0.1) is 0 Å². The Kier molecular flexibility index (Phi) is 5.43. The number of aryl methyl sites for hydroxylation is 2. The minimum Gasteiger partial charge on any atom is -0.467 e. The van der Waals surface area contributed by atoms with Crippen LogP contribution >= 0.6 is 0 Å². The first-order chi connectivity index (χ1) is 14.0. The first-order valence-electron chi connectivity index (χ1n) is 10.2. The number of urea groups is 1. The van der Waals surface area contributed by atoms with Gasteiger partial charge in [0.1, 0.15) is 6.04 Å². The number of esters is 1. The molecule has 0 bridgehead atoms. The zero-order valence-corrected chi connectivity index (χ0v) is 16.7. The maximum Gasteiger partial charge on any atom is 0.328 e. The van der Waals surface area contributed by atoms with Crippen LogP contribution in [0.25, 0.3) is 0 Å². The highest BCUT2D eigenvalue weighted by Crippen LogP contribution is 2.38. The van der Waals surface area contributed by atoms with E-state index in [2.05, 4.69) is 16.7 Å². The maximum absolute atomic E-state index is 12.8. The van der Waals surface area contributed by atoms with Crippen molar-refractivity contribution in [3.63, 3.8) is 0 Å². The number of ether oxygens (including phenoxy) is 1. The average Bonchev–Trinajstić information content (AvgIpc) is 3.36. The van der Waals surface area contributed by atoms with Crippen LogP contribution in [0.5, 0.6) is 0 Å². The molecule has 6 nitrogen and oxygen atoms in total. The molecule has 1 unspecified atom stereocenters. The number of carbonyl (C=O) groups excluding carboxylic acids is 2. The van der Waals surface area contributed by atoms with Crippen molar-refractivity contribution in [1.82, 2.24) is 5.32 Å². The molecule has 2 aromatic rings. The van der Waals surface area contributed by atoms with Gasteiger partial charge in [0.25, 0.3) is 0 Å². The van der Waals surface area contributed by atoms with E-state index < -0.39 is 12.0 Å². The third-order valence-corrected chi connectivity index (χ3v) is 5.89. The summed E-state index contributed by atoms with van der Waals surface area (Å²) in [5.74, 6) is -0.480. The molecule has 4 N–H and O–H groups in total. The molecule has 0 fully saturated rings. The first kappa shape index (κ1) is 19.3. The largest absolute Gasteiger partial charge is 0.467 e. The van der Waals surface area contributed by atoms with E-state index in [1.54, 1.807) is 12.1 Å². The SMILES string of the molecule is COC(=O)C(Cc1cccc(N)c1)NC(=O)Nc1c2c(cc3c1CCC3)CCC2. The summed E-state index contributed by atoms with van der Waals surface area (Å²) >= 11 is 0. The Labute approximate surface area is 170 Å². The number of hydrogen-bond donors (Lipinski definition) is 3. The van der Waals surface area contributed by atoms with Crippen LogP contribution in [0.15, 0.2) is 30.3 Å². The van der Waals surface area contributed by atoms with E-state index in [-0.39, 0.29) is 6.03 Å². The van der Waals surface area contributed by atoms with Crippen LogP contribution in [0.2, 0.25) is 0 Å². The number of benzene rings is 2. The zero-order valence-electron chi connectivity index (χ0n) is 16.7. The molecule has 6 heteroatoms. The monoisotopic (exact) mass is 393 g/mol. The van der Waals surface area contributed by atoms with Crippen LogP contribution in [-0.2, 0) is 41.6 Å². The lowest BCUT2D eigenvalue weighted by Crippen LogP contribution is -2.45. The molecule has 1 atom stereocenters. The zero-order chi connectivity index (χ0) is 20.4. The Morgan fingerprint density at radius 2 is 1.76 bits per heavy atom. The number of rotatable bonds is 5. The van der Waals surface area contributed by atoms with E-state index in [4.69, 9.17) is 10.5 Å². The van der Waals surface area contributed by atoms with Gasteiger partial charge in [-0.15, -0.1) is 0 Å². The molecule has 29 heavy (non-hydrogen) atoms. The van der Waals surface area contributed by atoms with Crippen molar-refractivity contribution in [2.75, 3.05) is 18.2 Å². The molecule has 0 radical (unpaired) electrons. The van der Waals surface area contributed by atoms with E-state index in [1.165, 1.54) is 29.4 Å². The molecule has 0 aromatic heterocycles. The molecule has 4 rings (SSSR count). The number of carbonyl (C=O) groups is 2. The van der Waals surface area contributed by atoms with Gasteiger partial charge in [-0.25, -0.2) is 9.59 Å². The van der Waals surface area contributed by atoms with Crippen molar-refractivity contribution in [2.24, 2.45) is 0 Å². The molecular formula is C23H27N3O3. The molecule has 2 aromatic carbocycles. The van der Waals surface area contributed by atoms with Crippen molar-refractivity contribution in [2.45, 2.75) is 51.0 Å². The minimum atomic E-state index is -0.786. The number of methoxy groups -OCH3 is 1. The predicted octanol–water partition coefficient (Wildman–Crippen LogP) is 3.15.